The van der Waals surface area contributed by atoms with Crippen molar-refractivity contribution in [1.82, 2.24) is 19.9 Å². The zero-order chi connectivity index (χ0) is 29.5. The highest BCUT2D eigenvalue weighted by Crippen LogP contribution is 2.45. The normalized spacial score (nSPS) is 17.0. The molecule has 0 unspecified atom stereocenters. The third-order valence-electron chi connectivity index (χ3n) is 7.40. The first-order chi connectivity index (χ1) is 19.5. The quantitative estimate of drug-likeness (QED) is 0.262. The molecule has 3 aromatic heterocycles. The Labute approximate surface area is 246 Å². The van der Waals surface area contributed by atoms with Crippen LogP contribution in [0.5, 0.6) is 5.75 Å². The summed E-state index contributed by atoms with van der Waals surface area (Å²) in [4.78, 5) is 24.2. The molecule has 1 aromatic carbocycles. The first kappa shape index (κ1) is 28.3. The van der Waals surface area contributed by atoms with Crippen molar-refractivity contribution in [2.45, 2.75) is 53.6 Å². The number of benzene rings is 1. The molecule has 5 rings (SSSR count). The minimum Gasteiger partial charge on any atom is -0.494 e. The first-order valence-electron chi connectivity index (χ1n) is 13.6. The zero-order valence-electron chi connectivity index (χ0n) is 24.5. The minimum absolute atomic E-state index is 0.0906. The standard InChI is InChI=1S/C32H36N6O2S/c1-19-11-14-27(34-18-19)37-20(2)16-23(21(37)3)29-28(25-10-8-9-15-33-25)36-31(41)38(29)22-12-13-24(26(17-22)40-7)35-30(39)32(4,5)6/h8-18,28-29H,1-7H3,(H,35,39)(H,36,41)/t28-,29+/m0/s1. The van der Waals surface area contributed by atoms with E-state index in [1.807, 2.05) is 76.4 Å². The van der Waals surface area contributed by atoms with Crippen molar-refractivity contribution in [3.8, 4) is 11.6 Å². The molecular formula is C32H36N6O2S. The molecular weight excluding hydrogens is 532 g/mol. The van der Waals surface area contributed by atoms with Crippen molar-refractivity contribution in [1.29, 1.82) is 0 Å². The summed E-state index contributed by atoms with van der Waals surface area (Å²) in [5, 5.41) is 7.11. The number of thiocarbonyl (C=S) groups is 1. The fraction of sp³-hybridized carbons (Fsp3) is 0.312. The number of aromatic nitrogens is 3. The van der Waals surface area contributed by atoms with Crippen LogP contribution in [-0.4, -0.2) is 32.7 Å². The Morgan fingerprint density at radius 1 is 1.05 bits per heavy atom. The van der Waals surface area contributed by atoms with Crippen molar-refractivity contribution in [2.75, 3.05) is 17.3 Å². The lowest BCUT2D eigenvalue weighted by atomic mass is 9.95. The van der Waals surface area contributed by atoms with Gasteiger partial charge in [-0.2, -0.15) is 0 Å². The molecule has 8 nitrogen and oxygen atoms in total. The lowest BCUT2D eigenvalue weighted by Crippen LogP contribution is -2.30. The molecule has 2 N–H and O–H groups in total. The second-order valence-corrected chi connectivity index (χ2v) is 11.8. The predicted octanol–water partition coefficient (Wildman–Crippen LogP) is 6.36. The predicted molar refractivity (Wildman–Crippen MR) is 167 cm³/mol. The highest BCUT2D eigenvalue weighted by molar-refractivity contribution is 7.80. The Kier molecular flexibility index (Phi) is 7.57. The van der Waals surface area contributed by atoms with Gasteiger partial charge in [-0.25, -0.2) is 4.98 Å². The van der Waals surface area contributed by atoms with Crippen LogP contribution in [0.1, 0.15) is 61.1 Å². The Morgan fingerprint density at radius 3 is 2.46 bits per heavy atom. The van der Waals surface area contributed by atoms with E-state index in [0.717, 1.165) is 39.7 Å². The minimum atomic E-state index is -0.542. The highest BCUT2D eigenvalue weighted by atomic mass is 32.1. The summed E-state index contributed by atoms with van der Waals surface area (Å²) in [6.07, 6.45) is 3.68. The molecule has 2 atom stereocenters. The number of hydrogen-bond donors (Lipinski definition) is 2. The fourth-order valence-corrected chi connectivity index (χ4v) is 5.57. The number of carbonyl (C=O) groups is 1. The first-order valence-corrected chi connectivity index (χ1v) is 14.0. The summed E-state index contributed by atoms with van der Waals surface area (Å²) in [6.45, 7) is 11.9. The van der Waals surface area contributed by atoms with Gasteiger partial charge in [0.1, 0.15) is 11.6 Å². The molecule has 0 aliphatic carbocycles. The van der Waals surface area contributed by atoms with E-state index in [9.17, 15) is 4.79 Å². The van der Waals surface area contributed by atoms with Crippen LogP contribution < -0.4 is 20.3 Å². The monoisotopic (exact) mass is 568 g/mol. The largest absolute Gasteiger partial charge is 0.494 e. The molecule has 1 amide bonds. The van der Waals surface area contributed by atoms with E-state index in [2.05, 4.69) is 51.1 Å². The molecule has 41 heavy (non-hydrogen) atoms. The molecule has 0 saturated carbocycles. The van der Waals surface area contributed by atoms with Crippen molar-refractivity contribution >= 4 is 34.6 Å². The molecule has 1 fully saturated rings. The van der Waals surface area contributed by atoms with E-state index < -0.39 is 5.41 Å². The molecule has 9 heteroatoms. The van der Waals surface area contributed by atoms with Gasteiger partial charge >= 0.3 is 0 Å². The molecule has 1 aliphatic heterocycles. The second kappa shape index (κ2) is 11.0. The van der Waals surface area contributed by atoms with E-state index >= 15 is 0 Å². The molecule has 4 heterocycles. The number of rotatable bonds is 6. The Balaban J connectivity index is 1.62. The lowest BCUT2D eigenvalue weighted by molar-refractivity contribution is -0.123. The number of nitrogens with one attached hydrogen (secondary N) is 2. The summed E-state index contributed by atoms with van der Waals surface area (Å²) < 4.78 is 7.91. The number of aryl methyl sites for hydroxylation is 2. The number of hydrogen-bond acceptors (Lipinski definition) is 5. The molecule has 0 bridgehead atoms. The van der Waals surface area contributed by atoms with Gasteiger partial charge in [0.2, 0.25) is 5.91 Å². The van der Waals surface area contributed by atoms with Crippen LogP contribution in [0.2, 0.25) is 0 Å². The summed E-state index contributed by atoms with van der Waals surface area (Å²) in [5.41, 5.74) is 6.16. The third kappa shape index (κ3) is 5.41. The van der Waals surface area contributed by atoms with Gasteiger partial charge in [-0.05, 0) is 80.5 Å². The van der Waals surface area contributed by atoms with E-state index in [-0.39, 0.29) is 18.0 Å². The smallest absolute Gasteiger partial charge is 0.229 e. The van der Waals surface area contributed by atoms with Crippen LogP contribution in [-0.2, 0) is 4.79 Å². The van der Waals surface area contributed by atoms with Crippen molar-refractivity contribution in [3.63, 3.8) is 0 Å². The van der Waals surface area contributed by atoms with E-state index in [0.29, 0.717) is 16.5 Å². The molecule has 4 aromatic rings. The van der Waals surface area contributed by atoms with Gasteiger partial charge < -0.3 is 24.8 Å². The summed E-state index contributed by atoms with van der Waals surface area (Å²) in [7, 11) is 1.60. The second-order valence-electron chi connectivity index (χ2n) is 11.4. The number of pyridine rings is 2. The van der Waals surface area contributed by atoms with E-state index in [1.54, 1.807) is 13.3 Å². The summed E-state index contributed by atoms with van der Waals surface area (Å²) >= 11 is 5.96. The number of ether oxygens (including phenoxy) is 1. The van der Waals surface area contributed by atoms with Crippen LogP contribution in [0.15, 0.2) is 67.0 Å². The van der Waals surface area contributed by atoms with Crippen molar-refractivity contribution in [3.05, 3.63) is 95.2 Å². The number of carbonyl (C=O) groups excluding carboxylic acids is 1. The number of methoxy groups -OCH3 is 1. The number of anilines is 2. The summed E-state index contributed by atoms with van der Waals surface area (Å²) in [5.74, 6) is 1.33. The Morgan fingerprint density at radius 2 is 1.83 bits per heavy atom. The average molecular weight is 569 g/mol. The van der Waals surface area contributed by atoms with Gasteiger partial charge in [0.25, 0.3) is 0 Å². The van der Waals surface area contributed by atoms with Gasteiger partial charge in [-0.1, -0.05) is 32.9 Å². The maximum atomic E-state index is 12.7. The van der Waals surface area contributed by atoms with Gasteiger partial charge in [-0.15, -0.1) is 0 Å². The van der Waals surface area contributed by atoms with Gasteiger partial charge in [0, 0.05) is 41.0 Å². The fourth-order valence-electron chi connectivity index (χ4n) is 5.22. The van der Waals surface area contributed by atoms with Crippen LogP contribution in [0.4, 0.5) is 11.4 Å². The molecule has 1 aliphatic rings. The zero-order valence-corrected chi connectivity index (χ0v) is 25.3. The van der Waals surface area contributed by atoms with Crippen LogP contribution in [0.3, 0.4) is 0 Å². The van der Waals surface area contributed by atoms with Gasteiger partial charge in [-0.3, -0.25) is 9.78 Å². The summed E-state index contributed by atoms with van der Waals surface area (Å²) in [6, 6.07) is 17.6. The number of nitrogens with zero attached hydrogens (tertiary/aromatic N) is 4. The molecule has 0 spiro atoms. The average Bonchev–Trinajstić information content (AvgIpc) is 3.44. The Hall–Kier alpha value is -4.24. The third-order valence-corrected chi connectivity index (χ3v) is 7.72. The van der Waals surface area contributed by atoms with Crippen LogP contribution in [0, 0.1) is 26.2 Å². The van der Waals surface area contributed by atoms with Crippen molar-refractivity contribution < 1.29 is 9.53 Å². The maximum absolute atomic E-state index is 12.7. The van der Waals surface area contributed by atoms with Gasteiger partial charge in [0.05, 0.1) is 30.6 Å². The van der Waals surface area contributed by atoms with Gasteiger partial charge in [0.15, 0.2) is 5.11 Å². The van der Waals surface area contributed by atoms with Crippen LogP contribution >= 0.6 is 12.2 Å². The number of amides is 1. The molecule has 212 valence electrons. The molecule has 0 radical (unpaired) electrons. The topological polar surface area (TPSA) is 84.3 Å². The lowest BCUT2D eigenvalue weighted by Gasteiger charge is -2.29. The molecule has 1 saturated heterocycles. The van der Waals surface area contributed by atoms with E-state index in [4.69, 9.17) is 21.9 Å². The highest BCUT2D eigenvalue weighted by Gasteiger charge is 2.42. The van der Waals surface area contributed by atoms with Crippen molar-refractivity contribution in [2.24, 2.45) is 5.41 Å². The van der Waals surface area contributed by atoms with Crippen LogP contribution in [0.25, 0.3) is 5.82 Å². The SMILES string of the molecule is COc1cc(N2C(=S)N[C@@H](c3ccccn3)[C@H]2c2cc(C)n(-c3ccc(C)cn3)c2C)ccc1NC(=O)C(C)(C)C. The Bertz CT molecular complexity index is 1590. The van der Waals surface area contributed by atoms with E-state index in [1.165, 1.54) is 0 Å². The maximum Gasteiger partial charge on any atom is 0.229 e.